The van der Waals surface area contributed by atoms with E-state index < -0.39 is 10.9 Å². The molecule has 0 aromatic carbocycles. The first-order valence-electron chi connectivity index (χ1n) is 6.64. The maximum absolute atomic E-state index is 11.8. The van der Waals surface area contributed by atoms with Crippen LogP contribution >= 0.6 is 0 Å². The molecule has 1 aromatic rings. The molecule has 1 aliphatic rings. The smallest absolute Gasteiger partial charge is 0.381 e. The van der Waals surface area contributed by atoms with Crippen molar-refractivity contribution in [1.29, 1.82) is 0 Å². The average molecular weight is 296 g/mol. The van der Waals surface area contributed by atoms with Gasteiger partial charge in [-0.2, -0.15) is 0 Å². The first-order valence-corrected chi connectivity index (χ1v) is 6.64. The van der Waals surface area contributed by atoms with Gasteiger partial charge >= 0.3 is 11.8 Å². The quantitative estimate of drug-likeness (QED) is 0.583. The number of aryl methyl sites for hydroxylation is 1. The second-order valence-corrected chi connectivity index (χ2v) is 5.09. The fourth-order valence-electron chi connectivity index (χ4n) is 2.43. The topological polar surface area (TPSA) is 127 Å². The summed E-state index contributed by atoms with van der Waals surface area (Å²) in [5, 5.41) is 22.2. The molecule has 0 bridgehead atoms. The Bertz CT molecular complexity index is 556. The predicted octanol–water partition coefficient (Wildman–Crippen LogP) is 0.551. The Balaban J connectivity index is 1.75. The van der Waals surface area contributed by atoms with E-state index in [0.29, 0.717) is 25.8 Å². The molecular weight excluding hydrogens is 280 g/mol. The number of imidazole rings is 1. The van der Waals surface area contributed by atoms with Crippen molar-refractivity contribution in [3.63, 3.8) is 0 Å². The SMILES string of the molecule is O=C(CCn1cnc([N+](=O)[O-])c1)NC1CCC(C(=O)O)C1. The standard InChI is InChI=1S/C12H16N4O5/c17-11(14-9-2-1-8(5-9)12(18)19)3-4-15-6-10(13-7-15)16(20)21/h6-9H,1-5H2,(H,14,17)(H,18,19). The van der Waals surface area contributed by atoms with E-state index in [1.807, 2.05) is 0 Å². The normalized spacial score (nSPS) is 21.1. The summed E-state index contributed by atoms with van der Waals surface area (Å²) in [4.78, 5) is 36.1. The lowest BCUT2D eigenvalue weighted by Crippen LogP contribution is -2.33. The Kier molecular flexibility index (Phi) is 4.51. The molecule has 9 heteroatoms. The van der Waals surface area contributed by atoms with Gasteiger partial charge in [-0.3, -0.25) is 9.59 Å². The van der Waals surface area contributed by atoms with Crippen LogP contribution in [0.2, 0.25) is 0 Å². The molecule has 1 fully saturated rings. The van der Waals surface area contributed by atoms with Crippen LogP contribution in [0.25, 0.3) is 0 Å². The average Bonchev–Trinajstić information content (AvgIpc) is 3.05. The Morgan fingerprint density at radius 3 is 2.86 bits per heavy atom. The molecule has 9 nitrogen and oxygen atoms in total. The number of aliphatic carboxylic acids is 1. The van der Waals surface area contributed by atoms with Crippen LogP contribution in [0.3, 0.4) is 0 Å². The third kappa shape index (κ3) is 4.01. The zero-order chi connectivity index (χ0) is 15.4. The summed E-state index contributed by atoms with van der Waals surface area (Å²) in [5.74, 6) is -1.65. The van der Waals surface area contributed by atoms with Gasteiger partial charge in [0.05, 0.1) is 5.92 Å². The summed E-state index contributed by atoms with van der Waals surface area (Å²) in [5.41, 5.74) is 0. The molecule has 0 saturated heterocycles. The van der Waals surface area contributed by atoms with Gasteiger partial charge in [-0.05, 0) is 29.2 Å². The molecule has 0 aliphatic heterocycles. The highest BCUT2D eigenvalue weighted by Gasteiger charge is 2.30. The number of rotatable bonds is 6. The van der Waals surface area contributed by atoms with E-state index in [-0.39, 0.29) is 30.1 Å². The number of hydrogen-bond donors (Lipinski definition) is 2. The molecule has 2 N–H and O–H groups in total. The number of carbonyl (C=O) groups excluding carboxylic acids is 1. The molecule has 0 radical (unpaired) electrons. The van der Waals surface area contributed by atoms with Gasteiger partial charge in [0.2, 0.25) is 12.2 Å². The highest BCUT2D eigenvalue weighted by Crippen LogP contribution is 2.25. The van der Waals surface area contributed by atoms with E-state index in [0.717, 1.165) is 0 Å². The lowest BCUT2D eigenvalue weighted by Gasteiger charge is -2.12. The number of nitrogens with zero attached hydrogens (tertiary/aromatic N) is 3. The minimum Gasteiger partial charge on any atom is -0.481 e. The number of nitrogens with one attached hydrogen (secondary N) is 1. The van der Waals surface area contributed by atoms with Crippen LogP contribution in [-0.2, 0) is 16.1 Å². The second kappa shape index (κ2) is 6.33. The lowest BCUT2D eigenvalue weighted by molar-refractivity contribution is -0.389. The second-order valence-electron chi connectivity index (χ2n) is 5.09. The first-order chi connectivity index (χ1) is 9.95. The fourth-order valence-corrected chi connectivity index (χ4v) is 2.43. The van der Waals surface area contributed by atoms with Crippen molar-refractivity contribution in [2.75, 3.05) is 0 Å². The van der Waals surface area contributed by atoms with Crippen LogP contribution in [0.15, 0.2) is 12.5 Å². The minimum atomic E-state index is -0.822. The third-order valence-corrected chi connectivity index (χ3v) is 3.55. The van der Waals surface area contributed by atoms with Crippen molar-refractivity contribution < 1.29 is 19.6 Å². The number of nitro groups is 1. The van der Waals surface area contributed by atoms with Crippen LogP contribution in [-0.4, -0.2) is 37.5 Å². The Labute approximate surface area is 120 Å². The summed E-state index contributed by atoms with van der Waals surface area (Å²) in [6.45, 7) is 0.293. The molecule has 1 heterocycles. The number of carbonyl (C=O) groups is 2. The number of hydrogen-bond acceptors (Lipinski definition) is 5. The van der Waals surface area contributed by atoms with Gasteiger partial charge in [-0.25, -0.2) is 0 Å². The van der Waals surface area contributed by atoms with Gasteiger partial charge in [-0.1, -0.05) is 0 Å². The predicted molar refractivity (Wildman–Crippen MR) is 70.4 cm³/mol. The maximum Gasteiger partial charge on any atom is 0.381 e. The van der Waals surface area contributed by atoms with E-state index in [4.69, 9.17) is 5.11 Å². The van der Waals surface area contributed by atoms with Crippen molar-refractivity contribution in [2.24, 2.45) is 5.92 Å². The Hall–Kier alpha value is -2.45. The van der Waals surface area contributed by atoms with Gasteiger partial charge in [0, 0.05) is 19.0 Å². The van der Waals surface area contributed by atoms with Crippen LogP contribution in [0.4, 0.5) is 5.82 Å². The zero-order valence-electron chi connectivity index (χ0n) is 11.3. The highest BCUT2D eigenvalue weighted by molar-refractivity contribution is 5.76. The molecular formula is C12H16N4O5. The molecule has 2 atom stereocenters. The summed E-state index contributed by atoms with van der Waals surface area (Å²) >= 11 is 0. The number of amides is 1. The summed E-state index contributed by atoms with van der Waals surface area (Å²) in [6, 6.07) is -0.101. The molecule has 1 saturated carbocycles. The highest BCUT2D eigenvalue weighted by atomic mass is 16.6. The molecule has 0 spiro atoms. The number of carboxylic acids is 1. The first kappa shape index (κ1) is 14.9. The van der Waals surface area contributed by atoms with E-state index in [9.17, 15) is 19.7 Å². The largest absolute Gasteiger partial charge is 0.481 e. The van der Waals surface area contributed by atoms with Crippen molar-refractivity contribution in [1.82, 2.24) is 14.9 Å². The van der Waals surface area contributed by atoms with E-state index in [2.05, 4.69) is 10.3 Å². The molecule has 2 unspecified atom stereocenters. The van der Waals surface area contributed by atoms with E-state index in [1.165, 1.54) is 17.1 Å². The minimum absolute atomic E-state index is 0.101. The Morgan fingerprint density at radius 1 is 1.52 bits per heavy atom. The summed E-state index contributed by atoms with van der Waals surface area (Å²) in [6.07, 6.45) is 4.44. The van der Waals surface area contributed by atoms with Crippen LogP contribution in [0, 0.1) is 16.0 Å². The van der Waals surface area contributed by atoms with Crippen molar-refractivity contribution >= 4 is 17.7 Å². The molecule has 1 amide bonds. The van der Waals surface area contributed by atoms with Crippen molar-refractivity contribution in [3.05, 3.63) is 22.6 Å². The van der Waals surface area contributed by atoms with Gasteiger partial charge in [-0.15, -0.1) is 0 Å². The molecule has 2 rings (SSSR count). The molecule has 114 valence electrons. The Morgan fingerprint density at radius 2 is 2.29 bits per heavy atom. The molecule has 1 aromatic heterocycles. The van der Waals surface area contributed by atoms with E-state index in [1.54, 1.807) is 0 Å². The molecule has 1 aliphatic carbocycles. The monoisotopic (exact) mass is 296 g/mol. The number of aromatic nitrogens is 2. The zero-order valence-corrected chi connectivity index (χ0v) is 11.3. The summed E-state index contributed by atoms with van der Waals surface area (Å²) in [7, 11) is 0. The van der Waals surface area contributed by atoms with E-state index >= 15 is 0 Å². The molecule has 21 heavy (non-hydrogen) atoms. The van der Waals surface area contributed by atoms with Crippen molar-refractivity contribution in [2.45, 2.75) is 38.3 Å². The van der Waals surface area contributed by atoms with Crippen LogP contribution in [0.5, 0.6) is 0 Å². The van der Waals surface area contributed by atoms with Crippen LogP contribution < -0.4 is 5.32 Å². The summed E-state index contributed by atoms with van der Waals surface area (Å²) < 4.78 is 1.48. The number of carboxylic acid groups (broad SMARTS) is 1. The van der Waals surface area contributed by atoms with Crippen LogP contribution in [0.1, 0.15) is 25.7 Å². The maximum atomic E-state index is 11.8. The third-order valence-electron chi connectivity index (χ3n) is 3.55. The van der Waals surface area contributed by atoms with Crippen molar-refractivity contribution in [3.8, 4) is 0 Å². The van der Waals surface area contributed by atoms with Gasteiger partial charge in [0.25, 0.3) is 0 Å². The lowest BCUT2D eigenvalue weighted by atomic mass is 10.1. The van der Waals surface area contributed by atoms with Gasteiger partial charge < -0.3 is 25.1 Å². The van der Waals surface area contributed by atoms with Gasteiger partial charge in [0.1, 0.15) is 6.20 Å². The fraction of sp³-hybridized carbons (Fsp3) is 0.583. The van der Waals surface area contributed by atoms with Gasteiger partial charge in [0.15, 0.2) is 0 Å².